The fraction of sp³-hybridized carbons (Fsp3) is 0.786. The lowest BCUT2D eigenvalue weighted by atomic mass is 9.99. The van der Waals surface area contributed by atoms with E-state index in [0.717, 1.165) is 25.8 Å². The number of hydrogen-bond acceptors (Lipinski definition) is 3. The van der Waals surface area contributed by atoms with Crippen LogP contribution in [0.1, 0.15) is 37.2 Å². The van der Waals surface area contributed by atoms with Gasteiger partial charge in [-0.15, -0.1) is 0 Å². The molecule has 100 valence electrons. The standard InChI is InChI=1S/C14H23N3O/c1-16-6-3-2-4-11(16)9-14-15-10-12-8-13(18)5-7-17(12)14/h10-11,13,18H,2-9H2,1H3. The van der Waals surface area contributed by atoms with Gasteiger partial charge in [0, 0.05) is 37.3 Å². The fourth-order valence-corrected chi connectivity index (χ4v) is 3.29. The first-order valence-corrected chi connectivity index (χ1v) is 7.15. The van der Waals surface area contributed by atoms with Crippen molar-refractivity contribution in [2.24, 2.45) is 0 Å². The number of aromatic nitrogens is 2. The topological polar surface area (TPSA) is 41.3 Å². The van der Waals surface area contributed by atoms with Crippen molar-refractivity contribution in [3.63, 3.8) is 0 Å². The van der Waals surface area contributed by atoms with Crippen LogP contribution in [0.2, 0.25) is 0 Å². The second-order valence-corrected chi connectivity index (χ2v) is 5.80. The number of nitrogens with zero attached hydrogens (tertiary/aromatic N) is 3. The van der Waals surface area contributed by atoms with Gasteiger partial charge in [0.1, 0.15) is 5.82 Å². The second kappa shape index (κ2) is 5.02. The molecule has 3 rings (SSSR count). The van der Waals surface area contributed by atoms with Gasteiger partial charge in [-0.1, -0.05) is 6.42 Å². The van der Waals surface area contributed by atoms with Crippen LogP contribution in [0.4, 0.5) is 0 Å². The molecule has 1 N–H and O–H groups in total. The highest BCUT2D eigenvalue weighted by molar-refractivity contribution is 5.10. The van der Waals surface area contributed by atoms with Gasteiger partial charge >= 0.3 is 0 Å². The molecule has 2 unspecified atom stereocenters. The molecule has 1 aromatic rings. The van der Waals surface area contributed by atoms with E-state index in [1.807, 2.05) is 6.20 Å². The predicted octanol–water partition coefficient (Wildman–Crippen LogP) is 1.22. The van der Waals surface area contributed by atoms with Crippen LogP contribution in [0.5, 0.6) is 0 Å². The molecule has 0 spiro atoms. The van der Waals surface area contributed by atoms with E-state index >= 15 is 0 Å². The van der Waals surface area contributed by atoms with Gasteiger partial charge in [0.2, 0.25) is 0 Å². The van der Waals surface area contributed by atoms with Crippen molar-refractivity contribution in [3.8, 4) is 0 Å². The molecule has 0 saturated carbocycles. The van der Waals surface area contributed by atoms with E-state index in [4.69, 9.17) is 0 Å². The van der Waals surface area contributed by atoms with Gasteiger partial charge in [-0.2, -0.15) is 0 Å². The van der Waals surface area contributed by atoms with Gasteiger partial charge in [0.15, 0.2) is 0 Å². The summed E-state index contributed by atoms with van der Waals surface area (Å²) in [6, 6.07) is 0.650. The van der Waals surface area contributed by atoms with Gasteiger partial charge in [-0.25, -0.2) is 4.98 Å². The maximum absolute atomic E-state index is 9.68. The predicted molar refractivity (Wildman–Crippen MR) is 70.5 cm³/mol. The number of rotatable bonds is 2. The van der Waals surface area contributed by atoms with E-state index in [-0.39, 0.29) is 6.10 Å². The molecule has 0 aromatic carbocycles. The zero-order valence-corrected chi connectivity index (χ0v) is 11.2. The highest BCUT2D eigenvalue weighted by Crippen LogP contribution is 2.22. The highest BCUT2D eigenvalue weighted by atomic mass is 16.3. The monoisotopic (exact) mass is 249 g/mol. The molecule has 4 heteroatoms. The molecule has 0 aliphatic carbocycles. The summed E-state index contributed by atoms with van der Waals surface area (Å²) in [6.07, 6.45) is 8.47. The molecule has 1 fully saturated rings. The molecule has 18 heavy (non-hydrogen) atoms. The third-order valence-corrected chi connectivity index (χ3v) is 4.49. The molecule has 2 atom stereocenters. The first-order valence-electron chi connectivity index (χ1n) is 7.15. The number of piperidine rings is 1. The Morgan fingerprint density at radius 2 is 2.22 bits per heavy atom. The smallest absolute Gasteiger partial charge is 0.110 e. The lowest BCUT2D eigenvalue weighted by Gasteiger charge is -2.32. The van der Waals surface area contributed by atoms with Crippen LogP contribution in [0.15, 0.2) is 6.20 Å². The van der Waals surface area contributed by atoms with Crippen molar-refractivity contribution >= 4 is 0 Å². The van der Waals surface area contributed by atoms with E-state index < -0.39 is 0 Å². The van der Waals surface area contributed by atoms with Crippen molar-refractivity contribution in [1.82, 2.24) is 14.5 Å². The average Bonchev–Trinajstić information content (AvgIpc) is 2.74. The molecule has 4 nitrogen and oxygen atoms in total. The minimum Gasteiger partial charge on any atom is -0.393 e. The second-order valence-electron chi connectivity index (χ2n) is 5.80. The molecule has 2 aliphatic rings. The summed E-state index contributed by atoms with van der Waals surface area (Å²) >= 11 is 0. The minimum atomic E-state index is -0.167. The number of likely N-dealkylation sites (N-methyl/N-ethyl adjacent to an activating group) is 1. The Morgan fingerprint density at radius 1 is 1.33 bits per heavy atom. The van der Waals surface area contributed by atoms with Crippen LogP contribution in [-0.2, 0) is 19.4 Å². The maximum atomic E-state index is 9.68. The van der Waals surface area contributed by atoms with Gasteiger partial charge in [0.05, 0.1) is 6.10 Å². The third-order valence-electron chi connectivity index (χ3n) is 4.49. The van der Waals surface area contributed by atoms with Crippen LogP contribution in [0.25, 0.3) is 0 Å². The van der Waals surface area contributed by atoms with Crippen LogP contribution < -0.4 is 0 Å². The summed E-state index contributed by atoms with van der Waals surface area (Å²) in [7, 11) is 2.23. The molecule has 0 radical (unpaired) electrons. The lowest BCUT2D eigenvalue weighted by molar-refractivity contribution is 0.141. The molecule has 3 heterocycles. The Hall–Kier alpha value is -0.870. The summed E-state index contributed by atoms with van der Waals surface area (Å²) in [4.78, 5) is 7.06. The largest absolute Gasteiger partial charge is 0.393 e. The Balaban J connectivity index is 1.73. The number of aliphatic hydroxyl groups is 1. The molecule has 1 saturated heterocycles. The minimum absolute atomic E-state index is 0.167. The maximum Gasteiger partial charge on any atom is 0.110 e. The number of fused-ring (bicyclic) bond motifs is 1. The summed E-state index contributed by atoms with van der Waals surface area (Å²) in [5.41, 5.74) is 1.21. The highest BCUT2D eigenvalue weighted by Gasteiger charge is 2.24. The van der Waals surface area contributed by atoms with Crippen LogP contribution >= 0.6 is 0 Å². The van der Waals surface area contributed by atoms with Gasteiger partial charge in [-0.3, -0.25) is 0 Å². The number of hydrogen-bond donors (Lipinski definition) is 1. The van der Waals surface area contributed by atoms with Crippen molar-refractivity contribution in [2.45, 2.75) is 57.2 Å². The molecular formula is C14H23N3O. The first kappa shape index (κ1) is 12.2. The van der Waals surface area contributed by atoms with Crippen molar-refractivity contribution in [2.75, 3.05) is 13.6 Å². The van der Waals surface area contributed by atoms with Crippen LogP contribution in [0.3, 0.4) is 0 Å². The van der Waals surface area contributed by atoms with Crippen LogP contribution in [0, 0.1) is 0 Å². The SMILES string of the molecule is CN1CCCCC1Cc1ncc2n1CCC(O)C2. The average molecular weight is 249 g/mol. The Kier molecular flexibility index (Phi) is 3.39. The van der Waals surface area contributed by atoms with Gasteiger partial charge in [-0.05, 0) is 32.9 Å². The first-order chi connectivity index (χ1) is 8.74. The zero-order chi connectivity index (χ0) is 12.5. The van der Waals surface area contributed by atoms with Gasteiger partial charge in [0.25, 0.3) is 0 Å². The fourth-order valence-electron chi connectivity index (χ4n) is 3.29. The van der Waals surface area contributed by atoms with E-state index in [1.54, 1.807) is 0 Å². The van der Waals surface area contributed by atoms with E-state index in [9.17, 15) is 5.11 Å². The third kappa shape index (κ3) is 2.31. The van der Waals surface area contributed by atoms with Gasteiger partial charge < -0.3 is 14.6 Å². The van der Waals surface area contributed by atoms with Crippen molar-refractivity contribution < 1.29 is 5.11 Å². The van der Waals surface area contributed by atoms with E-state index in [1.165, 1.54) is 37.3 Å². The number of likely N-dealkylation sites (tertiary alicyclic amines) is 1. The number of aliphatic hydroxyl groups excluding tert-OH is 1. The zero-order valence-electron chi connectivity index (χ0n) is 11.2. The molecule has 0 amide bonds. The normalized spacial score (nSPS) is 29.2. The van der Waals surface area contributed by atoms with E-state index in [2.05, 4.69) is 21.5 Å². The Bertz CT molecular complexity index is 415. The summed E-state index contributed by atoms with van der Waals surface area (Å²) in [6.45, 7) is 2.15. The van der Waals surface area contributed by atoms with Crippen molar-refractivity contribution in [1.29, 1.82) is 0 Å². The van der Waals surface area contributed by atoms with E-state index in [0.29, 0.717) is 6.04 Å². The molecule has 1 aromatic heterocycles. The quantitative estimate of drug-likeness (QED) is 0.857. The molecule has 0 bridgehead atoms. The number of imidazole rings is 1. The summed E-state index contributed by atoms with van der Waals surface area (Å²) < 4.78 is 2.33. The summed E-state index contributed by atoms with van der Waals surface area (Å²) in [5, 5.41) is 9.68. The molecule has 2 aliphatic heterocycles. The molecular weight excluding hydrogens is 226 g/mol. The Morgan fingerprint density at radius 3 is 3.06 bits per heavy atom. The lowest BCUT2D eigenvalue weighted by Crippen LogP contribution is -2.38. The summed E-state index contributed by atoms with van der Waals surface area (Å²) in [5.74, 6) is 1.22. The van der Waals surface area contributed by atoms with Crippen molar-refractivity contribution in [3.05, 3.63) is 17.7 Å². The Labute approximate surface area is 109 Å². The van der Waals surface area contributed by atoms with Crippen LogP contribution in [-0.4, -0.2) is 45.3 Å².